The van der Waals surface area contributed by atoms with Crippen LogP contribution in [-0.2, 0) is 46.7 Å². The number of H-pyrrole nitrogens is 2. The van der Waals surface area contributed by atoms with Gasteiger partial charge in [-0.25, -0.2) is 9.13 Å². The van der Waals surface area contributed by atoms with Gasteiger partial charge in [0.2, 0.25) is 0 Å². The van der Waals surface area contributed by atoms with Gasteiger partial charge in [0.15, 0.2) is 9.54 Å². The lowest BCUT2D eigenvalue weighted by molar-refractivity contribution is -0.152. The average molecular weight is 1120 g/mol. The molecule has 2 fully saturated rings. The van der Waals surface area contributed by atoms with Gasteiger partial charge in [-0.2, -0.15) is 0 Å². The number of aromatic amines is 2. The molecule has 0 amide bonds. The van der Waals surface area contributed by atoms with Crippen molar-refractivity contribution in [2.45, 2.75) is 118 Å². The van der Waals surface area contributed by atoms with Crippen molar-refractivity contribution in [3.8, 4) is 11.5 Å². The van der Waals surface area contributed by atoms with E-state index in [0.29, 0.717) is 20.4 Å². The van der Waals surface area contributed by atoms with E-state index in [1.165, 1.54) is 38.1 Å². The third-order valence-electron chi connectivity index (χ3n) is 11.1. The lowest BCUT2D eigenvalue weighted by atomic mass is 10.0. The number of carbonyl (C=O) groups excluding carboxylic acids is 2. The van der Waals surface area contributed by atoms with Crippen molar-refractivity contribution >= 4 is 76.0 Å². The number of hydrogen-bond acceptors (Lipinski definition) is 18. The zero-order valence-corrected chi connectivity index (χ0v) is 46.5. The molecule has 396 valence electrons. The molecule has 2 aromatic heterocycles. The minimum Gasteiger partial charge on any atom is -0.463 e. The number of nitrogens with zero attached hydrogens (tertiary/aromatic N) is 2. The molecule has 18 nitrogen and oxygen atoms in total. The standard InChI is InChI=1S/2C24H33N2O7PS2/c2*1-14(2)31-23(28)16(4)13-34(29,33-18-9-7-6-8-10-18)30-12-19-20(27)17(5)22(32-19)26-11-15(3)21(35)25-24(26)36/h2*6-11,14,16-17,19-20,22,27H,12-13H2,1-5H3,(H,25,35,36)/t16-,17-,19+,20?,22+,34+;16-,17-,19+,20?,22+,34-/m11/s1/i2*12D2. The van der Waals surface area contributed by atoms with Crippen molar-refractivity contribution in [1.29, 1.82) is 0 Å². The number of aliphatic hydroxyl groups is 2. The van der Waals surface area contributed by atoms with E-state index in [1.807, 2.05) is 0 Å². The fourth-order valence-corrected chi connectivity index (χ4v) is 11.6. The van der Waals surface area contributed by atoms with Crippen molar-refractivity contribution in [1.82, 2.24) is 19.1 Å². The number of carbonyl (C=O) groups is 2. The van der Waals surface area contributed by atoms with Crippen LogP contribution in [-0.4, -0.2) is 103 Å². The summed E-state index contributed by atoms with van der Waals surface area (Å²) in [4.78, 5) is 30.7. The van der Waals surface area contributed by atoms with Crippen LogP contribution in [0, 0.1) is 56.3 Å². The molecule has 2 aliphatic heterocycles. The molecule has 6 rings (SSSR count). The molecule has 2 aliphatic rings. The Labute approximate surface area is 446 Å². The maximum atomic E-state index is 14.0. The predicted octanol–water partition coefficient (Wildman–Crippen LogP) is 10.7. The number of nitrogens with one attached hydrogen (secondary N) is 2. The molecule has 0 aliphatic carbocycles. The maximum Gasteiger partial charge on any atom is 0.380 e. The van der Waals surface area contributed by atoms with Gasteiger partial charge in [0, 0.05) is 35.4 Å². The van der Waals surface area contributed by atoms with Crippen LogP contribution < -0.4 is 9.05 Å². The molecule has 0 radical (unpaired) electrons. The van der Waals surface area contributed by atoms with Gasteiger partial charge < -0.3 is 48.2 Å². The summed E-state index contributed by atoms with van der Waals surface area (Å²) < 4.78 is 112. The van der Waals surface area contributed by atoms with Gasteiger partial charge in [0.05, 0.1) is 67.2 Å². The number of aromatic nitrogens is 4. The molecular weight excluding hydrogens is 1050 g/mol. The highest BCUT2D eigenvalue weighted by Gasteiger charge is 2.46. The second-order valence-corrected chi connectivity index (χ2v) is 23.6. The van der Waals surface area contributed by atoms with Gasteiger partial charge >= 0.3 is 27.1 Å². The molecule has 2 aromatic carbocycles. The second kappa shape index (κ2) is 26.1. The van der Waals surface area contributed by atoms with Crippen molar-refractivity contribution in [3.63, 3.8) is 0 Å². The van der Waals surface area contributed by atoms with Crippen molar-refractivity contribution in [2.24, 2.45) is 23.7 Å². The number of benzene rings is 2. The summed E-state index contributed by atoms with van der Waals surface area (Å²) in [6, 6.07) is 16.2. The van der Waals surface area contributed by atoms with Crippen LogP contribution in [0.15, 0.2) is 73.1 Å². The van der Waals surface area contributed by atoms with Crippen LogP contribution in [0.5, 0.6) is 11.5 Å². The molecule has 12 atom stereocenters. The molecule has 2 unspecified atom stereocenters. The highest BCUT2D eigenvalue weighted by atomic mass is 32.1. The monoisotopic (exact) mass is 1120 g/mol. The Morgan fingerprint density at radius 3 is 1.31 bits per heavy atom. The molecule has 4 N–H and O–H groups in total. The Morgan fingerprint density at radius 1 is 0.653 bits per heavy atom. The Kier molecular flexibility index (Phi) is 19.3. The van der Waals surface area contributed by atoms with Crippen LogP contribution in [0.25, 0.3) is 0 Å². The first-order valence-corrected chi connectivity index (χ1v) is 28.2. The molecule has 4 aromatic rings. The SMILES string of the molecule is [2H]C([2H])(O[P@@](=O)(C[C@@H](C)C(=O)OC(C)C)Oc1ccccc1)[C@@H]1O[C@H](n2cc(C)c(=S)[nH]c2=S)[C@H](C)C1O.[2H]C([2H])(O[P@](=O)(C[C@@H](C)C(=O)OC(C)C)Oc1ccccc1)[C@@H]1O[C@H](n2cc(C)c(=S)[nH]c2=S)[C@H](C)C1O. The van der Waals surface area contributed by atoms with E-state index in [0.717, 1.165) is 0 Å². The molecule has 24 heteroatoms. The number of rotatable bonds is 20. The largest absolute Gasteiger partial charge is 0.463 e. The summed E-state index contributed by atoms with van der Waals surface area (Å²) in [5, 5.41) is 21.9. The average Bonchev–Trinajstić information content (AvgIpc) is 3.79. The second-order valence-electron chi connectivity index (χ2n) is 18.1. The molecule has 0 saturated carbocycles. The topological polar surface area (TPSA) is 224 Å². The highest BCUT2D eigenvalue weighted by molar-refractivity contribution is 7.72. The zero-order valence-electron chi connectivity index (χ0n) is 45.5. The summed E-state index contributed by atoms with van der Waals surface area (Å²) in [6.45, 7) is 11.1. The molecule has 72 heavy (non-hydrogen) atoms. The summed E-state index contributed by atoms with van der Waals surface area (Å²) in [5.74, 6) is -4.04. The van der Waals surface area contributed by atoms with Gasteiger partial charge in [-0.15, -0.1) is 0 Å². The third kappa shape index (κ3) is 16.1. The van der Waals surface area contributed by atoms with E-state index in [2.05, 4.69) is 9.97 Å². The minimum absolute atomic E-state index is 0.163. The number of aryl methyl sites for hydroxylation is 2. The zero-order chi connectivity index (χ0) is 56.8. The van der Waals surface area contributed by atoms with Gasteiger partial charge in [-0.3, -0.25) is 27.8 Å². The summed E-state index contributed by atoms with van der Waals surface area (Å²) in [6.07, 6.45) is -5.92. The Bertz CT molecular complexity index is 2810. The fraction of sp³-hybridized carbons (Fsp3) is 0.542. The first kappa shape index (κ1) is 53.1. The number of esters is 2. The lowest BCUT2D eigenvalue weighted by Crippen LogP contribution is -2.30. The molecular formula is C48H66N4O14P2S4. The van der Waals surface area contributed by atoms with Crippen LogP contribution >= 0.6 is 64.1 Å². The highest BCUT2D eigenvalue weighted by Crippen LogP contribution is 2.52. The fourth-order valence-electron chi connectivity index (χ4n) is 7.23. The molecule has 2 saturated heterocycles. The summed E-state index contributed by atoms with van der Waals surface area (Å²) >= 11 is 21.2. The van der Waals surface area contributed by atoms with E-state index >= 15 is 0 Å². The Balaban J connectivity index is 0.000000281. The number of aliphatic hydroxyl groups excluding tert-OH is 2. The van der Waals surface area contributed by atoms with Crippen molar-refractivity contribution in [3.05, 3.63) is 103 Å². The minimum atomic E-state index is -4.34. The first-order valence-electron chi connectivity index (χ1n) is 25.1. The number of para-hydroxylation sites is 2. The first-order chi connectivity index (χ1) is 35.3. The van der Waals surface area contributed by atoms with Crippen molar-refractivity contribution < 1.29 is 71.5 Å². The number of hydrogen-bond donors (Lipinski definition) is 4. The lowest BCUT2D eigenvalue weighted by Gasteiger charge is -2.24. The molecule has 4 heterocycles. The van der Waals surface area contributed by atoms with E-state index < -0.39 is 125 Å². The van der Waals surface area contributed by atoms with Crippen LogP contribution in [0.3, 0.4) is 0 Å². The van der Waals surface area contributed by atoms with Crippen LogP contribution in [0.1, 0.15) is 84.5 Å². The summed E-state index contributed by atoms with van der Waals surface area (Å²) in [5.41, 5.74) is 1.43. The van der Waals surface area contributed by atoms with E-state index in [4.69, 9.17) is 91.4 Å². The quantitative estimate of drug-likeness (QED) is 0.0367. The molecule has 0 spiro atoms. The third-order valence-corrected chi connectivity index (χ3v) is 16.3. The maximum absolute atomic E-state index is 14.0. The van der Waals surface area contributed by atoms with E-state index in [1.54, 1.807) is 113 Å². The van der Waals surface area contributed by atoms with Gasteiger partial charge in [0.25, 0.3) is 0 Å². The van der Waals surface area contributed by atoms with Gasteiger partial charge in [0.1, 0.15) is 45.4 Å². The van der Waals surface area contributed by atoms with Gasteiger partial charge in [-0.1, -0.05) is 88.5 Å². The van der Waals surface area contributed by atoms with Crippen LogP contribution in [0.4, 0.5) is 0 Å². The summed E-state index contributed by atoms with van der Waals surface area (Å²) in [7, 11) is -8.69. The van der Waals surface area contributed by atoms with Crippen LogP contribution in [0.2, 0.25) is 0 Å². The predicted molar refractivity (Wildman–Crippen MR) is 280 cm³/mol. The van der Waals surface area contributed by atoms with E-state index in [-0.39, 0.29) is 21.0 Å². The van der Waals surface area contributed by atoms with Gasteiger partial charge in [-0.05, 0) is 90.2 Å². The smallest absolute Gasteiger partial charge is 0.380 e. The number of ether oxygens (including phenoxy) is 4. The Morgan fingerprint density at radius 2 is 0.986 bits per heavy atom. The van der Waals surface area contributed by atoms with Crippen molar-refractivity contribution in [2.75, 3.05) is 25.4 Å². The Hall–Kier alpha value is -3.76. The normalized spacial score (nSPS) is 25.5. The van der Waals surface area contributed by atoms with E-state index in [9.17, 15) is 28.9 Å². The molecule has 0 bridgehead atoms.